The van der Waals surface area contributed by atoms with E-state index in [0.29, 0.717) is 6.04 Å². The molecule has 1 aliphatic rings. The van der Waals surface area contributed by atoms with Crippen molar-refractivity contribution >= 4 is 0 Å². The number of methoxy groups -OCH3 is 1. The van der Waals surface area contributed by atoms with Crippen molar-refractivity contribution in [2.75, 3.05) is 26.7 Å². The van der Waals surface area contributed by atoms with E-state index in [-0.39, 0.29) is 0 Å². The van der Waals surface area contributed by atoms with E-state index in [0.717, 1.165) is 31.8 Å². The van der Waals surface area contributed by atoms with Crippen LogP contribution >= 0.6 is 0 Å². The Kier molecular flexibility index (Phi) is 4.83. The van der Waals surface area contributed by atoms with E-state index < -0.39 is 0 Å². The van der Waals surface area contributed by atoms with E-state index in [4.69, 9.17) is 4.74 Å². The van der Waals surface area contributed by atoms with Gasteiger partial charge in [0.15, 0.2) is 0 Å². The van der Waals surface area contributed by atoms with E-state index in [1.165, 1.54) is 28.7 Å². The Morgan fingerprint density at radius 2 is 2.11 bits per heavy atom. The van der Waals surface area contributed by atoms with E-state index in [1.807, 2.05) is 0 Å². The maximum atomic E-state index is 5.42. The molecule has 0 aromatic heterocycles. The van der Waals surface area contributed by atoms with Gasteiger partial charge in [0.25, 0.3) is 0 Å². The molecule has 0 saturated carbocycles. The molecule has 3 nitrogen and oxygen atoms in total. The van der Waals surface area contributed by atoms with Crippen molar-refractivity contribution in [2.45, 2.75) is 39.7 Å². The molecular weight excluding hydrogens is 236 g/mol. The molecule has 2 N–H and O–H groups in total. The molecule has 0 bridgehead atoms. The SMILES string of the molecule is COc1cc(C)c(CCNC2CCNC2)c(C)c1C. The van der Waals surface area contributed by atoms with Gasteiger partial charge in [-0.1, -0.05) is 0 Å². The molecule has 1 unspecified atom stereocenters. The average Bonchev–Trinajstić information content (AvgIpc) is 2.91. The first-order valence-electron chi connectivity index (χ1n) is 7.21. The van der Waals surface area contributed by atoms with Crippen LogP contribution in [-0.2, 0) is 6.42 Å². The quantitative estimate of drug-likeness (QED) is 0.853. The third-order valence-corrected chi connectivity index (χ3v) is 4.30. The van der Waals surface area contributed by atoms with Gasteiger partial charge in [0, 0.05) is 12.6 Å². The lowest BCUT2D eigenvalue weighted by molar-refractivity contribution is 0.410. The minimum atomic E-state index is 0.653. The van der Waals surface area contributed by atoms with Crippen LogP contribution < -0.4 is 15.4 Å². The minimum Gasteiger partial charge on any atom is -0.496 e. The second-order valence-electron chi connectivity index (χ2n) is 5.52. The molecule has 1 heterocycles. The van der Waals surface area contributed by atoms with Crippen LogP contribution in [0.15, 0.2) is 6.07 Å². The Morgan fingerprint density at radius 3 is 2.74 bits per heavy atom. The van der Waals surface area contributed by atoms with Gasteiger partial charge in [0.2, 0.25) is 0 Å². The summed E-state index contributed by atoms with van der Waals surface area (Å²) >= 11 is 0. The van der Waals surface area contributed by atoms with Crippen molar-refractivity contribution in [3.63, 3.8) is 0 Å². The van der Waals surface area contributed by atoms with Gasteiger partial charge < -0.3 is 15.4 Å². The third-order valence-electron chi connectivity index (χ3n) is 4.30. The summed E-state index contributed by atoms with van der Waals surface area (Å²) in [7, 11) is 1.75. The second-order valence-corrected chi connectivity index (χ2v) is 5.52. The zero-order chi connectivity index (χ0) is 13.8. The number of hydrogen-bond donors (Lipinski definition) is 2. The van der Waals surface area contributed by atoms with Gasteiger partial charge in [-0.3, -0.25) is 0 Å². The molecule has 0 aliphatic carbocycles. The molecule has 1 aromatic rings. The van der Waals surface area contributed by atoms with Crippen molar-refractivity contribution in [3.8, 4) is 5.75 Å². The summed E-state index contributed by atoms with van der Waals surface area (Å²) in [6, 6.07) is 2.81. The zero-order valence-corrected chi connectivity index (χ0v) is 12.6. The standard InChI is InChI=1S/C16H26N2O/c1-11-9-16(19-4)13(3)12(2)15(11)6-8-18-14-5-7-17-10-14/h9,14,17-18H,5-8,10H2,1-4H3. The maximum Gasteiger partial charge on any atom is 0.122 e. The molecule has 1 fully saturated rings. The minimum absolute atomic E-state index is 0.653. The Bertz CT molecular complexity index is 437. The lowest BCUT2D eigenvalue weighted by Crippen LogP contribution is -2.32. The zero-order valence-electron chi connectivity index (χ0n) is 12.6. The molecule has 0 radical (unpaired) electrons. The first kappa shape index (κ1) is 14.4. The third kappa shape index (κ3) is 3.28. The summed E-state index contributed by atoms with van der Waals surface area (Å²) in [5, 5.41) is 7.03. The highest BCUT2D eigenvalue weighted by Crippen LogP contribution is 2.27. The fourth-order valence-corrected chi connectivity index (χ4v) is 2.93. The van der Waals surface area contributed by atoms with E-state index in [1.54, 1.807) is 7.11 Å². The second kappa shape index (κ2) is 6.40. The van der Waals surface area contributed by atoms with Gasteiger partial charge in [0.1, 0.15) is 5.75 Å². The molecule has 3 heteroatoms. The number of rotatable bonds is 5. The van der Waals surface area contributed by atoms with Gasteiger partial charge in [-0.05, 0) is 75.0 Å². The Morgan fingerprint density at radius 1 is 1.32 bits per heavy atom. The van der Waals surface area contributed by atoms with Crippen LogP contribution in [0.1, 0.15) is 28.7 Å². The topological polar surface area (TPSA) is 33.3 Å². The van der Waals surface area contributed by atoms with Crippen LogP contribution in [0.3, 0.4) is 0 Å². The van der Waals surface area contributed by atoms with Gasteiger partial charge in [0.05, 0.1) is 7.11 Å². The van der Waals surface area contributed by atoms with Gasteiger partial charge in [-0.25, -0.2) is 0 Å². The lowest BCUT2D eigenvalue weighted by atomic mass is 9.95. The van der Waals surface area contributed by atoms with E-state index in [9.17, 15) is 0 Å². The fraction of sp³-hybridized carbons (Fsp3) is 0.625. The number of nitrogens with one attached hydrogen (secondary N) is 2. The van der Waals surface area contributed by atoms with Gasteiger partial charge in [-0.15, -0.1) is 0 Å². The van der Waals surface area contributed by atoms with Crippen LogP contribution in [0, 0.1) is 20.8 Å². The largest absolute Gasteiger partial charge is 0.496 e. The molecule has 0 spiro atoms. The van der Waals surface area contributed by atoms with Crippen molar-refractivity contribution in [1.82, 2.24) is 10.6 Å². The molecule has 1 saturated heterocycles. The number of hydrogen-bond acceptors (Lipinski definition) is 3. The van der Waals surface area contributed by atoms with Crippen LogP contribution in [0.25, 0.3) is 0 Å². The molecule has 1 atom stereocenters. The molecular formula is C16H26N2O. The molecule has 19 heavy (non-hydrogen) atoms. The highest BCUT2D eigenvalue weighted by molar-refractivity contribution is 5.48. The summed E-state index contributed by atoms with van der Waals surface area (Å²) in [6.45, 7) is 9.85. The van der Waals surface area contributed by atoms with Crippen LogP contribution in [0.2, 0.25) is 0 Å². The highest BCUT2D eigenvalue weighted by Gasteiger charge is 2.14. The van der Waals surface area contributed by atoms with Crippen LogP contribution in [0.4, 0.5) is 0 Å². The van der Waals surface area contributed by atoms with Crippen LogP contribution in [-0.4, -0.2) is 32.8 Å². The van der Waals surface area contributed by atoms with Crippen LogP contribution in [0.5, 0.6) is 5.75 Å². The fourth-order valence-electron chi connectivity index (χ4n) is 2.93. The van der Waals surface area contributed by atoms with E-state index in [2.05, 4.69) is 37.5 Å². The number of benzene rings is 1. The predicted molar refractivity (Wildman–Crippen MR) is 80.2 cm³/mol. The Labute approximate surface area is 116 Å². The first-order chi connectivity index (χ1) is 9.13. The summed E-state index contributed by atoms with van der Waals surface area (Å²) in [4.78, 5) is 0. The van der Waals surface area contributed by atoms with Crippen molar-refractivity contribution in [3.05, 3.63) is 28.3 Å². The van der Waals surface area contributed by atoms with Crippen molar-refractivity contribution < 1.29 is 4.74 Å². The van der Waals surface area contributed by atoms with Crippen molar-refractivity contribution in [2.24, 2.45) is 0 Å². The van der Waals surface area contributed by atoms with E-state index >= 15 is 0 Å². The summed E-state index contributed by atoms with van der Waals surface area (Å²) < 4.78 is 5.42. The number of ether oxygens (including phenoxy) is 1. The summed E-state index contributed by atoms with van der Waals surface area (Å²) in [5.74, 6) is 1.01. The molecule has 1 aliphatic heterocycles. The maximum absolute atomic E-state index is 5.42. The molecule has 106 valence electrons. The monoisotopic (exact) mass is 262 g/mol. The predicted octanol–water partition coefficient (Wildman–Crippen LogP) is 2.11. The van der Waals surface area contributed by atoms with Crippen molar-refractivity contribution in [1.29, 1.82) is 0 Å². The first-order valence-corrected chi connectivity index (χ1v) is 7.21. The summed E-state index contributed by atoms with van der Waals surface area (Å²) in [5.41, 5.74) is 5.46. The average molecular weight is 262 g/mol. The van der Waals surface area contributed by atoms with Gasteiger partial charge in [-0.2, -0.15) is 0 Å². The lowest BCUT2D eigenvalue weighted by Gasteiger charge is -2.17. The summed E-state index contributed by atoms with van der Waals surface area (Å²) in [6.07, 6.45) is 2.35. The smallest absolute Gasteiger partial charge is 0.122 e. The Hall–Kier alpha value is -1.06. The molecule has 2 rings (SSSR count). The van der Waals surface area contributed by atoms with Gasteiger partial charge >= 0.3 is 0 Å². The highest BCUT2D eigenvalue weighted by atomic mass is 16.5. The molecule has 1 aromatic carbocycles. The number of aryl methyl sites for hydroxylation is 1. The Balaban J connectivity index is 2.01. The molecule has 0 amide bonds. The normalized spacial score (nSPS) is 18.8.